The average molecular weight is 490 g/mol. The van der Waals surface area contributed by atoms with Crippen LogP contribution in [0.2, 0.25) is 10.0 Å². The maximum atomic E-state index is 12.4. The van der Waals surface area contributed by atoms with Crippen molar-refractivity contribution in [2.75, 3.05) is 11.1 Å². The Hall–Kier alpha value is -2.68. The van der Waals surface area contributed by atoms with E-state index in [1.807, 2.05) is 37.3 Å². The van der Waals surface area contributed by atoms with Gasteiger partial charge in [0.05, 0.1) is 5.57 Å². The molecular weight excluding hydrogens is 469 g/mol. The number of benzene rings is 2. The lowest BCUT2D eigenvalue weighted by Crippen LogP contribution is -2.31. The molecule has 0 fully saturated rings. The standard InChI is InChI=1S/C22H21Cl2N5O2S/c1-3-32-22-27-21-26-12(2)18(20(25)30)19(29(21)28-22)13-5-4-6-16(9-13)31-11-14-7-8-15(23)10-17(14)24/h4-10,19H,3,11H2,1-2H3,(H2,25,30)(H,26,27,28). The molecule has 0 spiro atoms. The van der Waals surface area contributed by atoms with Crippen molar-refractivity contribution in [3.05, 3.63) is 74.9 Å². The van der Waals surface area contributed by atoms with Gasteiger partial charge >= 0.3 is 0 Å². The van der Waals surface area contributed by atoms with Gasteiger partial charge in [-0.25, -0.2) is 4.68 Å². The highest BCUT2D eigenvalue weighted by molar-refractivity contribution is 7.99. The fourth-order valence-electron chi connectivity index (χ4n) is 3.52. The molecule has 0 bridgehead atoms. The molecule has 4 rings (SSSR count). The van der Waals surface area contributed by atoms with Gasteiger partial charge in [0.25, 0.3) is 0 Å². The molecule has 2 heterocycles. The van der Waals surface area contributed by atoms with Crippen LogP contribution in [0, 0.1) is 0 Å². The van der Waals surface area contributed by atoms with Crippen molar-refractivity contribution in [3.8, 4) is 5.75 Å². The summed E-state index contributed by atoms with van der Waals surface area (Å²) in [4.78, 5) is 16.9. The van der Waals surface area contributed by atoms with Gasteiger partial charge in [0.2, 0.25) is 17.0 Å². The third-order valence-electron chi connectivity index (χ3n) is 4.96. The minimum atomic E-state index is -0.523. The third kappa shape index (κ3) is 4.57. The number of nitrogens with one attached hydrogen (secondary N) is 1. The maximum absolute atomic E-state index is 12.4. The molecule has 0 saturated carbocycles. The van der Waals surface area contributed by atoms with Crippen LogP contribution >= 0.6 is 35.0 Å². The van der Waals surface area contributed by atoms with Gasteiger partial charge in [-0.15, -0.1) is 5.10 Å². The van der Waals surface area contributed by atoms with E-state index in [0.717, 1.165) is 16.9 Å². The van der Waals surface area contributed by atoms with E-state index in [9.17, 15) is 4.79 Å². The van der Waals surface area contributed by atoms with Crippen molar-refractivity contribution >= 4 is 46.8 Å². The number of amides is 1. The Morgan fingerprint density at radius 1 is 1.28 bits per heavy atom. The largest absolute Gasteiger partial charge is 0.489 e. The summed E-state index contributed by atoms with van der Waals surface area (Å²) >= 11 is 13.7. The number of hydrogen-bond donors (Lipinski definition) is 2. The molecule has 3 aromatic rings. The van der Waals surface area contributed by atoms with Gasteiger partial charge in [0, 0.05) is 21.3 Å². The molecule has 0 saturated heterocycles. The van der Waals surface area contributed by atoms with Gasteiger partial charge in [0.15, 0.2) is 0 Å². The van der Waals surface area contributed by atoms with Crippen LogP contribution in [0.3, 0.4) is 0 Å². The molecule has 1 aliphatic heterocycles. The molecule has 166 valence electrons. The third-order valence-corrected chi connectivity index (χ3v) is 6.26. The SMILES string of the molecule is CCSc1nc2n(n1)C(c1cccc(OCc3ccc(Cl)cc3Cl)c1)C(C(N)=O)=C(C)N2. The Morgan fingerprint density at radius 2 is 2.09 bits per heavy atom. The summed E-state index contributed by atoms with van der Waals surface area (Å²) in [5, 5.41) is 9.47. The highest BCUT2D eigenvalue weighted by atomic mass is 35.5. The number of carbonyl (C=O) groups excluding carboxylic acids is 1. The number of ether oxygens (including phenoxy) is 1. The minimum Gasteiger partial charge on any atom is -0.489 e. The molecule has 1 unspecified atom stereocenters. The van der Waals surface area contributed by atoms with E-state index in [1.54, 1.807) is 23.7 Å². The van der Waals surface area contributed by atoms with E-state index >= 15 is 0 Å². The molecule has 0 radical (unpaired) electrons. The van der Waals surface area contributed by atoms with Gasteiger partial charge < -0.3 is 15.8 Å². The monoisotopic (exact) mass is 489 g/mol. The summed E-state index contributed by atoms with van der Waals surface area (Å²) in [6.07, 6.45) is 0. The quantitative estimate of drug-likeness (QED) is 0.450. The first kappa shape index (κ1) is 22.5. The van der Waals surface area contributed by atoms with Crippen LogP contribution in [0.4, 0.5) is 5.95 Å². The van der Waals surface area contributed by atoms with E-state index in [2.05, 4.69) is 15.4 Å². The van der Waals surface area contributed by atoms with Crippen LogP contribution in [-0.4, -0.2) is 26.4 Å². The van der Waals surface area contributed by atoms with Gasteiger partial charge in [-0.1, -0.05) is 60.1 Å². The Kier molecular flexibility index (Phi) is 6.64. The normalized spacial score (nSPS) is 15.3. The van der Waals surface area contributed by atoms with Crippen molar-refractivity contribution in [2.45, 2.75) is 31.7 Å². The zero-order valence-corrected chi connectivity index (χ0v) is 19.8. The number of carbonyl (C=O) groups is 1. The number of anilines is 1. The lowest BCUT2D eigenvalue weighted by molar-refractivity contribution is -0.115. The summed E-state index contributed by atoms with van der Waals surface area (Å²) in [6, 6.07) is 12.2. The predicted molar refractivity (Wildman–Crippen MR) is 127 cm³/mol. The van der Waals surface area contributed by atoms with Crippen LogP contribution < -0.4 is 15.8 Å². The number of fused-ring (bicyclic) bond motifs is 1. The molecule has 3 N–H and O–H groups in total. The number of hydrogen-bond acceptors (Lipinski definition) is 6. The number of thioether (sulfide) groups is 1. The van der Waals surface area contributed by atoms with Crippen molar-refractivity contribution in [3.63, 3.8) is 0 Å². The number of primary amides is 1. The number of aromatic nitrogens is 3. The zero-order valence-electron chi connectivity index (χ0n) is 17.4. The second-order valence-corrected chi connectivity index (χ2v) is 9.20. The number of allylic oxidation sites excluding steroid dienone is 1. The second kappa shape index (κ2) is 9.44. The summed E-state index contributed by atoms with van der Waals surface area (Å²) in [7, 11) is 0. The summed E-state index contributed by atoms with van der Waals surface area (Å²) in [5.41, 5.74) is 8.44. The molecule has 32 heavy (non-hydrogen) atoms. The van der Waals surface area contributed by atoms with Crippen molar-refractivity contribution in [2.24, 2.45) is 5.73 Å². The van der Waals surface area contributed by atoms with Crippen molar-refractivity contribution in [1.82, 2.24) is 14.8 Å². The summed E-state index contributed by atoms with van der Waals surface area (Å²) < 4.78 is 7.67. The number of halogens is 2. The van der Waals surface area contributed by atoms with Gasteiger partial charge in [-0.3, -0.25) is 4.79 Å². The lowest BCUT2D eigenvalue weighted by Gasteiger charge is -2.27. The van der Waals surface area contributed by atoms with Crippen LogP contribution in [-0.2, 0) is 11.4 Å². The number of nitrogens with zero attached hydrogens (tertiary/aromatic N) is 3. The maximum Gasteiger partial charge on any atom is 0.248 e. The van der Waals surface area contributed by atoms with Gasteiger partial charge in [-0.2, -0.15) is 4.98 Å². The first-order chi connectivity index (χ1) is 15.4. The van der Waals surface area contributed by atoms with E-state index in [1.165, 1.54) is 11.8 Å². The van der Waals surface area contributed by atoms with E-state index < -0.39 is 11.9 Å². The molecule has 0 aliphatic carbocycles. The van der Waals surface area contributed by atoms with Crippen LogP contribution in [0.25, 0.3) is 0 Å². The minimum absolute atomic E-state index is 0.273. The Labute approximate surface area is 199 Å². The van der Waals surface area contributed by atoms with Crippen LogP contribution in [0.1, 0.15) is 31.0 Å². The molecule has 10 heteroatoms. The molecular formula is C22H21Cl2N5O2S. The fraction of sp³-hybridized carbons (Fsp3) is 0.227. The molecule has 7 nitrogen and oxygen atoms in total. The van der Waals surface area contributed by atoms with Crippen molar-refractivity contribution in [1.29, 1.82) is 0 Å². The molecule has 1 aromatic heterocycles. The zero-order chi connectivity index (χ0) is 22.8. The van der Waals surface area contributed by atoms with Gasteiger partial charge in [-0.05, 0) is 42.5 Å². The first-order valence-electron chi connectivity index (χ1n) is 9.91. The Morgan fingerprint density at radius 3 is 2.81 bits per heavy atom. The first-order valence-corrected chi connectivity index (χ1v) is 11.6. The summed E-state index contributed by atoms with van der Waals surface area (Å²) in [6.45, 7) is 4.11. The van der Waals surface area contributed by atoms with Gasteiger partial charge in [0.1, 0.15) is 18.4 Å². The summed E-state index contributed by atoms with van der Waals surface area (Å²) in [5.74, 6) is 1.50. The molecule has 2 aromatic carbocycles. The lowest BCUT2D eigenvalue weighted by atomic mass is 9.95. The Bertz CT molecular complexity index is 1210. The number of rotatable bonds is 7. The predicted octanol–water partition coefficient (Wildman–Crippen LogP) is 5.05. The van der Waals surface area contributed by atoms with E-state index in [4.69, 9.17) is 33.7 Å². The second-order valence-electron chi connectivity index (χ2n) is 7.12. The highest BCUT2D eigenvalue weighted by Gasteiger charge is 2.33. The molecule has 1 atom stereocenters. The van der Waals surface area contributed by atoms with Crippen LogP contribution in [0.5, 0.6) is 5.75 Å². The highest BCUT2D eigenvalue weighted by Crippen LogP contribution is 2.37. The Balaban J connectivity index is 1.67. The number of nitrogens with two attached hydrogens (primary N) is 1. The molecule has 1 aliphatic rings. The van der Waals surface area contributed by atoms with E-state index in [0.29, 0.717) is 38.2 Å². The average Bonchev–Trinajstić information content (AvgIpc) is 3.14. The molecule has 1 amide bonds. The smallest absolute Gasteiger partial charge is 0.248 e. The van der Waals surface area contributed by atoms with E-state index in [-0.39, 0.29) is 6.61 Å². The van der Waals surface area contributed by atoms with Crippen molar-refractivity contribution < 1.29 is 9.53 Å². The topological polar surface area (TPSA) is 95.1 Å². The van der Waals surface area contributed by atoms with Crippen LogP contribution in [0.15, 0.2) is 58.9 Å². The fourth-order valence-corrected chi connectivity index (χ4v) is 4.54.